The number of methoxy groups -OCH3 is 1. The molecule has 1 aliphatic carbocycles. The van der Waals surface area contributed by atoms with Crippen molar-refractivity contribution in [3.8, 4) is 0 Å². The number of ether oxygens (including phenoxy) is 1. The summed E-state index contributed by atoms with van der Waals surface area (Å²) in [6.07, 6.45) is -0.335. The molecule has 0 atom stereocenters. The van der Waals surface area contributed by atoms with E-state index >= 15 is 0 Å². The SMILES string of the molecule is COC(=O)NCC1C(C)(C)C1(C)C. The molecule has 1 aliphatic rings. The Morgan fingerprint density at radius 1 is 1.31 bits per heavy atom. The van der Waals surface area contributed by atoms with Crippen LogP contribution in [0.3, 0.4) is 0 Å². The Morgan fingerprint density at radius 3 is 2.08 bits per heavy atom. The summed E-state index contributed by atoms with van der Waals surface area (Å²) >= 11 is 0. The molecule has 0 aromatic heterocycles. The van der Waals surface area contributed by atoms with Gasteiger partial charge in [0.15, 0.2) is 0 Å². The van der Waals surface area contributed by atoms with Crippen molar-refractivity contribution in [2.45, 2.75) is 27.7 Å². The van der Waals surface area contributed by atoms with Crippen molar-refractivity contribution in [3.63, 3.8) is 0 Å². The predicted octanol–water partition coefficient (Wildman–Crippen LogP) is 2.02. The molecule has 0 aromatic rings. The van der Waals surface area contributed by atoms with Crippen LogP contribution >= 0.6 is 0 Å². The third kappa shape index (κ3) is 1.52. The highest BCUT2D eigenvalue weighted by Crippen LogP contribution is 2.67. The van der Waals surface area contributed by atoms with E-state index in [0.717, 1.165) is 0 Å². The largest absolute Gasteiger partial charge is 0.453 e. The maximum Gasteiger partial charge on any atom is 0.406 e. The molecule has 0 heterocycles. The maximum atomic E-state index is 10.8. The van der Waals surface area contributed by atoms with E-state index in [9.17, 15) is 4.79 Å². The smallest absolute Gasteiger partial charge is 0.406 e. The molecule has 0 unspecified atom stereocenters. The average Bonchev–Trinajstić information content (AvgIpc) is 2.40. The lowest BCUT2D eigenvalue weighted by molar-refractivity contribution is 0.170. The zero-order valence-corrected chi connectivity index (χ0v) is 9.10. The van der Waals surface area contributed by atoms with Gasteiger partial charge in [0.2, 0.25) is 0 Å². The predicted molar refractivity (Wildman–Crippen MR) is 51.5 cm³/mol. The highest BCUT2D eigenvalue weighted by atomic mass is 16.5. The Kier molecular flexibility index (Phi) is 2.30. The molecule has 13 heavy (non-hydrogen) atoms. The molecule has 0 aromatic carbocycles. The molecule has 1 fully saturated rings. The Morgan fingerprint density at radius 2 is 1.77 bits per heavy atom. The van der Waals surface area contributed by atoms with Gasteiger partial charge >= 0.3 is 6.09 Å². The molecule has 0 radical (unpaired) electrons. The molecule has 1 rings (SSSR count). The number of hydrogen-bond donors (Lipinski definition) is 1. The van der Waals surface area contributed by atoms with Gasteiger partial charge in [-0.25, -0.2) is 4.79 Å². The van der Waals surface area contributed by atoms with Crippen LogP contribution in [0.5, 0.6) is 0 Å². The molecule has 0 aliphatic heterocycles. The first-order valence-corrected chi connectivity index (χ1v) is 4.66. The van der Waals surface area contributed by atoms with Crippen LogP contribution in [-0.2, 0) is 4.74 Å². The molecular weight excluding hydrogens is 166 g/mol. The monoisotopic (exact) mass is 185 g/mol. The highest BCUT2D eigenvalue weighted by molar-refractivity contribution is 5.66. The average molecular weight is 185 g/mol. The van der Waals surface area contributed by atoms with Gasteiger partial charge in [-0.3, -0.25) is 0 Å². The van der Waals surface area contributed by atoms with Crippen molar-refractivity contribution in [3.05, 3.63) is 0 Å². The van der Waals surface area contributed by atoms with E-state index in [4.69, 9.17) is 0 Å². The van der Waals surface area contributed by atoms with Crippen LogP contribution in [0.1, 0.15) is 27.7 Å². The van der Waals surface area contributed by atoms with Crippen LogP contribution in [0.2, 0.25) is 0 Å². The number of amides is 1. The van der Waals surface area contributed by atoms with Crippen molar-refractivity contribution >= 4 is 6.09 Å². The molecule has 1 amide bonds. The van der Waals surface area contributed by atoms with Gasteiger partial charge in [-0.15, -0.1) is 0 Å². The fraction of sp³-hybridized carbons (Fsp3) is 0.900. The minimum atomic E-state index is -0.335. The van der Waals surface area contributed by atoms with E-state index in [0.29, 0.717) is 23.3 Å². The van der Waals surface area contributed by atoms with E-state index in [1.807, 2.05) is 0 Å². The lowest BCUT2D eigenvalue weighted by atomic mass is 10.0. The van der Waals surface area contributed by atoms with Gasteiger partial charge in [0.05, 0.1) is 7.11 Å². The van der Waals surface area contributed by atoms with Gasteiger partial charge in [0, 0.05) is 6.54 Å². The summed E-state index contributed by atoms with van der Waals surface area (Å²) in [5.74, 6) is 0.555. The van der Waals surface area contributed by atoms with Crippen molar-refractivity contribution in [2.24, 2.45) is 16.7 Å². The summed E-state index contributed by atoms with van der Waals surface area (Å²) in [7, 11) is 1.39. The number of rotatable bonds is 2. The molecule has 76 valence electrons. The van der Waals surface area contributed by atoms with Gasteiger partial charge in [-0.05, 0) is 16.7 Å². The third-order valence-corrected chi connectivity index (χ3v) is 3.96. The minimum Gasteiger partial charge on any atom is -0.453 e. The van der Waals surface area contributed by atoms with E-state index in [2.05, 4.69) is 37.7 Å². The first kappa shape index (κ1) is 10.4. The second-order valence-corrected chi connectivity index (χ2v) is 4.87. The summed E-state index contributed by atoms with van der Waals surface area (Å²) < 4.78 is 4.51. The van der Waals surface area contributed by atoms with Gasteiger partial charge in [-0.2, -0.15) is 0 Å². The summed E-state index contributed by atoms with van der Waals surface area (Å²) in [6, 6.07) is 0. The van der Waals surface area contributed by atoms with E-state index in [1.54, 1.807) is 0 Å². The van der Waals surface area contributed by atoms with Crippen LogP contribution in [0.4, 0.5) is 4.79 Å². The van der Waals surface area contributed by atoms with Crippen LogP contribution in [0.15, 0.2) is 0 Å². The molecule has 0 spiro atoms. The second-order valence-electron chi connectivity index (χ2n) is 4.87. The Balaban J connectivity index is 2.38. The van der Waals surface area contributed by atoms with Crippen molar-refractivity contribution in [2.75, 3.05) is 13.7 Å². The summed E-state index contributed by atoms with van der Waals surface area (Å²) in [5, 5.41) is 2.74. The molecular formula is C10H19NO2. The zero-order valence-electron chi connectivity index (χ0n) is 9.10. The topological polar surface area (TPSA) is 38.3 Å². The minimum absolute atomic E-state index is 0.327. The Hall–Kier alpha value is -0.730. The summed E-state index contributed by atoms with van der Waals surface area (Å²) in [4.78, 5) is 10.8. The fourth-order valence-corrected chi connectivity index (χ4v) is 2.10. The van der Waals surface area contributed by atoms with Crippen LogP contribution < -0.4 is 5.32 Å². The number of hydrogen-bond acceptors (Lipinski definition) is 2. The quantitative estimate of drug-likeness (QED) is 0.714. The Labute approximate surface area is 79.8 Å². The molecule has 3 nitrogen and oxygen atoms in total. The van der Waals surface area contributed by atoms with Gasteiger partial charge in [0.1, 0.15) is 0 Å². The summed E-state index contributed by atoms with van der Waals surface area (Å²) in [5.41, 5.74) is 0.655. The van der Waals surface area contributed by atoms with Crippen molar-refractivity contribution in [1.82, 2.24) is 5.32 Å². The highest BCUT2D eigenvalue weighted by Gasteiger charge is 2.64. The lowest BCUT2D eigenvalue weighted by Crippen LogP contribution is -2.26. The van der Waals surface area contributed by atoms with Crippen LogP contribution in [0, 0.1) is 16.7 Å². The van der Waals surface area contributed by atoms with Crippen LogP contribution in [-0.4, -0.2) is 19.7 Å². The van der Waals surface area contributed by atoms with Crippen LogP contribution in [0.25, 0.3) is 0 Å². The van der Waals surface area contributed by atoms with Gasteiger partial charge in [-0.1, -0.05) is 27.7 Å². The molecule has 3 heteroatoms. The standard InChI is InChI=1S/C10H19NO2/c1-9(2)7(10(9,3)4)6-11-8(12)13-5/h7H,6H2,1-5H3,(H,11,12). The fourth-order valence-electron chi connectivity index (χ4n) is 2.10. The van der Waals surface area contributed by atoms with E-state index < -0.39 is 0 Å². The van der Waals surface area contributed by atoms with Crippen molar-refractivity contribution < 1.29 is 9.53 Å². The van der Waals surface area contributed by atoms with E-state index in [-0.39, 0.29) is 6.09 Å². The number of alkyl carbamates (subject to hydrolysis) is 1. The molecule has 1 N–H and O–H groups in total. The zero-order chi connectivity index (χ0) is 10.3. The summed E-state index contributed by atoms with van der Waals surface area (Å²) in [6.45, 7) is 9.65. The van der Waals surface area contributed by atoms with Crippen molar-refractivity contribution in [1.29, 1.82) is 0 Å². The second kappa shape index (κ2) is 2.89. The van der Waals surface area contributed by atoms with Gasteiger partial charge < -0.3 is 10.1 Å². The lowest BCUT2D eigenvalue weighted by Gasteiger charge is -2.04. The number of carbonyl (C=O) groups is 1. The first-order chi connectivity index (χ1) is 5.84. The Bertz CT molecular complexity index is 207. The first-order valence-electron chi connectivity index (χ1n) is 4.66. The molecule has 0 bridgehead atoms. The normalized spacial score (nSPS) is 23.8. The number of nitrogens with one attached hydrogen (secondary N) is 1. The van der Waals surface area contributed by atoms with Gasteiger partial charge in [0.25, 0.3) is 0 Å². The molecule has 0 saturated heterocycles. The molecule has 1 saturated carbocycles. The van der Waals surface area contributed by atoms with E-state index in [1.165, 1.54) is 7.11 Å². The maximum absolute atomic E-state index is 10.8. The third-order valence-electron chi connectivity index (χ3n) is 3.96. The number of carbonyl (C=O) groups excluding carboxylic acids is 1.